The Balaban J connectivity index is 1.43. The maximum Gasteiger partial charge on any atom is 0.275 e. The molecule has 0 radical (unpaired) electrons. The first-order valence-electron chi connectivity index (χ1n) is 8.99. The maximum absolute atomic E-state index is 13.0. The molecule has 1 N–H and O–H groups in total. The normalized spacial score (nSPS) is 27.5. The molecule has 2 fully saturated rings. The van der Waals surface area contributed by atoms with Gasteiger partial charge in [0.25, 0.3) is 5.91 Å². The molecule has 27 heavy (non-hydrogen) atoms. The van der Waals surface area contributed by atoms with Gasteiger partial charge in [0.1, 0.15) is 17.7 Å². The first kappa shape index (κ1) is 18.3. The van der Waals surface area contributed by atoms with Gasteiger partial charge in [-0.25, -0.2) is 4.39 Å². The van der Waals surface area contributed by atoms with Gasteiger partial charge in [0.2, 0.25) is 0 Å². The number of aryl methyl sites for hydroxylation is 1. The van der Waals surface area contributed by atoms with Crippen molar-refractivity contribution in [2.75, 3.05) is 13.1 Å². The summed E-state index contributed by atoms with van der Waals surface area (Å²) in [6.07, 6.45) is 1.82. The average Bonchev–Trinajstić information content (AvgIpc) is 3.18. The van der Waals surface area contributed by atoms with Crippen LogP contribution in [0.15, 0.2) is 30.5 Å². The number of nitrogens with zero attached hydrogens (tertiary/aromatic N) is 3. The summed E-state index contributed by atoms with van der Waals surface area (Å²) in [4.78, 5) is 14.5. The van der Waals surface area contributed by atoms with Crippen LogP contribution in [0, 0.1) is 17.7 Å². The highest BCUT2D eigenvalue weighted by Crippen LogP contribution is 2.38. The maximum atomic E-state index is 13.0. The van der Waals surface area contributed by atoms with Crippen LogP contribution in [0.2, 0.25) is 5.02 Å². The molecule has 1 aliphatic heterocycles. The molecular weight excluding hydrogens is 373 g/mol. The van der Waals surface area contributed by atoms with Gasteiger partial charge in [0, 0.05) is 26.3 Å². The molecule has 1 amide bonds. The van der Waals surface area contributed by atoms with Crippen LogP contribution in [0.1, 0.15) is 23.3 Å². The zero-order valence-corrected chi connectivity index (χ0v) is 15.6. The van der Waals surface area contributed by atoms with Gasteiger partial charge in [0.15, 0.2) is 5.69 Å². The van der Waals surface area contributed by atoms with Crippen molar-refractivity contribution in [1.29, 1.82) is 0 Å². The molecule has 0 unspecified atom stereocenters. The summed E-state index contributed by atoms with van der Waals surface area (Å²) < 4.78 is 20.4. The van der Waals surface area contributed by atoms with Crippen LogP contribution in [0.5, 0.6) is 5.75 Å². The third kappa shape index (κ3) is 3.66. The standard InChI is InChI=1S/C19H21ClFN3O3/c1-23-10-15(20)18(22-23)19(26)24-8-11-6-16(25)17(7-12(11)9-24)27-14-4-2-13(21)3-5-14/h2-5,10-12,16-17,25H,6-9H2,1H3/t11-,12+,16+,17+/m0/s1. The van der Waals surface area contributed by atoms with Gasteiger partial charge in [-0.05, 0) is 48.9 Å². The minimum absolute atomic E-state index is 0.180. The molecule has 4 atom stereocenters. The molecular formula is C19H21ClFN3O3. The number of aromatic nitrogens is 2. The number of hydrogen-bond donors (Lipinski definition) is 1. The summed E-state index contributed by atoms with van der Waals surface area (Å²) in [5.41, 5.74) is 0.262. The van der Waals surface area contributed by atoms with E-state index in [-0.39, 0.29) is 35.4 Å². The SMILES string of the molecule is Cn1cc(Cl)c(C(=O)N2C[C@H]3C[C@@H](Oc4ccc(F)cc4)[C@H](O)C[C@H]3C2)n1. The number of aliphatic hydroxyl groups is 1. The average molecular weight is 394 g/mol. The molecule has 2 heterocycles. The van der Waals surface area contributed by atoms with E-state index < -0.39 is 6.10 Å². The highest BCUT2D eigenvalue weighted by Gasteiger charge is 2.44. The minimum Gasteiger partial charge on any atom is -0.488 e. The first-order valence-corrected chi connectivity index (χ1v) is 9.37. The van der Waals surface area contributed by atoms with Gasteiger partial charge in [0.05, 0.1) is 11.1 Å². The smallest absolute Gasteiger partial charge is 0.275 e. The number of benzene rings is 1. The first-order chi connectivity index (χ1) is 12.9. The Hall–Kier alpha value is -2.12. The van der Waals surface area contributed by atoms with E-state index >= 15 is 0 Å². The third-order valence-corrected chi connectivity index (χ3v) is 5.74. The molecule has 1 saturated carbocycles. The number of carbonyl (C=O) groups excluding carboxylic acids is 1. The van der Waals surface area contributed by atoms with Crippen molar-refractivity contribution >= 4 is 17.5 Å². The molecule has 1 saturated heterocycles. The number of carbonyl (C=O) groups is 1. The van der Waals surface area contributed by atoms with E-state index in [0.29, 0.717) is 36.7 Å². The molecule has 4 rings (SSSR count). The van der Waals surface area contributed by atoms with Crippen molar-refractivity contribution in [3.05, 3.63) is 47.0 Å². The number of amides is 1. The second kappa shape index (κ2) is 7.13. The molecule has 2 aliphatic rings. The summed E-state index contributed by atoms with van der Waals surface area (Å²) >= 11 is 6.10. The van der Waals surface area contributed by atoms with Crippen LogP contribution in [-0.2, 0) is 7.05 Å². The molecule has 1 aromatic heterocycles. The van der Waals surface area contributed by atoms with Crippen molar-refractivity contribution in [2.24, 2.45) is 18.9 Å². The minimum atomic E-state index is -0.621. The topological polar surface area (TPSA) is 67.6 Å². The Morgan fingerprint density at radius 1 is 1.26 bits per heavy atom. The van der Waals surface area contributed by atoms with E-state index in [9.17, 15) is 14.3 Å². The number of halogens is 2. The number of ether oxygens (including phenoxy) is 1. The fourth-order valence-electron chi connectivity index (χ4n) is 4.12. The Labute approximate surface area is 161 Å². The summed E-state index contributed by atoms with van der Waals surface area (Å²) in [5.74, 6) is 0.486. The van der Waals surface area contributed by atoms with Gasteiger partial charge in [-0.3, -0.25) is 9.48 Å². The summed E-state index contributed by atoms with van der Waals surface area (Å²) in [5, 5.41) is 15.0. The van der Waals surface area contributed by atoms with E-state index in [1.54, 1.807) is 30.3 Å². The number of rotatable bonds is 3. The third-order valence-electron chi connectivity index (χ3n) is 5.46. The zero-order valence-electron chi connectivity index (χ0n) is 14.9. The second-order valence-electron chi connectivity index (χ2n) is 7.38. The van der Waals surface area contributed by atoms with Crippen molar-refractivity contribution < 1.29 is 19.0 Å². The number of aliphatic hydroxyl groups excluding tert-OH is 1. The predicted molar refractivity (Wildman–Crippen MR) is 97.2 cm³/mol. The van der Waals surface area contributed by atoms with Crippen LogP contribution in [0.4, 0.5) is 4.39 Å². The molecule has 1 aromatic carbocycles. The highest BCUT2D eigenvalue weighted by molar-refractivity contribution is 6.33. The fourth-order valence-corrected chi connectivity index (χ4v) is 4.38. The van der Waals surface area contributed by atoms with Crippen LogP contribution in [0.3, 0.4) is 0 Å². The van der Waals surface area contributed by atoms with E-state index in [0.717, 1.165) is 0 Å². The molecule has 0 spiro atoms. The summed E-state index contributed by atoms with van der Waals surface area (Å²) in [6.45, 7) is 1.17. The lowest BCUT2D eigenvalue weighted by atomic mass is 9.78. The Bertz CT molecular complexity index is 841. The van der Waals surface area contributed by atoms with Gasteiger partial charge >= 0.3 is 0 Å². The van der Waals surface area contributed by atoms with E-state index in [1.165, 1.54) is 16.8 Å². The van der Waals surface area contributed by atoms with Crippen molar-refractivity contribution in [2.45, 2.75) is 25.0 Å². The zero-order chi connectivity index (χ0) is 19.1. The molecule has 1 aliphatic carbocycles. The van der Waals surface area contributed by atoms with Crippen LogP contribution < -0.4 is 4.74 Å². The molecule has 144 valence electrons. The lowest BCUT2D eigenvalue weighted by molar-refractivity contribution is -0.0231. The predicted octanol–water partition coefficient (Wildman–Crippen LogP) is 2.50. The Morgan fingerprint density at radius 2 is 1.93 bits per heavy atom. The molecule has 0 bridgehead atoms. The fraction of sp³-hybridized carbons (Fsp3) is 0.474. The van der Waals surface area contributed by atoms with Gasteiger partial charge in [-0.1, -0.05) is 11.6 Å². The monoisotopic (exact) mass is 393 g/mol. The van der Waals surface area contributed by atoms with Crippen LogP contribution in [-0.4, -0.2) is 51.0 Å². The number of hydrogen-bond acceptors (Lipinski definition) is 4. The van der Waals surface area contributed by atoms with E-state index in [1.807, 2.05) is 0 Å². The second-order valence-corrected chi connectivity index (χ2v) is 7.79. The van der Waals surface area contributed by atoms with Gasteiger partial charge in [-0.2, -0.15) is 5.10 Å². The van der Waals surface area contributed by atoms with Crippen LogP contribution in [0.25, 0.3) is 0 Å². The molecule has 2 aromatic rings. The van der Waals surface area contributed by atoms with Crippen LogP contribution >= 0.6 is 11.6 Å². The lowest BCUT2D eigenvalue weighted by Crippen LogP contribution is -2.42. The summed E-state index contributed by atoms with van der Waals surface area (Å²) in [7, 11) is 1.72. The van der Waals surface area contributed by atoms with Crippen molar-refractivity contribution in [3.63, 3.8) is 0 Å². The Kier molecular flexibility index (Phi) is 4.82. The number of fused-ring (bicyclic) bond motifs is 1. The lowest BCUT2D eigenvalue weighted by Gasteiger charge is -2.35. The highest BCUT2D eigenvalue weighted by atomic mass is 35.5. The Morgan fingerprint density at radius 3 is 2.56 bits per heavy atom. The van der Waals surface area contributed by atoms with E-state index in [2.05, 4.69) is 5.10 Å². The molecule has 8 heteroatoms. The largest absolute Gasteiger partial charge is 0.488 e. The van der Waals surface area contributed by atoms with Gasteiger partial charge in [-0.15, -0.1) is 0 Å². The quantitative estimate of drug-likeness (QED) is 0.870. The number of likely N-dealkylation sites (tertiary alicyclic amines) is 1. The van der Waals surface area contributed by atoms with Crippen molar-refractivity contribution in [1.82, 2.24) is 14.7 Å². The molecule has 6 nitrogen and oxygen atoms in total. The van der Waals surface area contributed by atoms with Gasteiger partial charge < -0.3 is 14.7 Å². The summed E-state index contributed by atoms with van der Waals surface area (Å²) in [6, 6.07) is 5.78. The van der Waals surface area contributed by atoms with Crippen molar-refractivity contribution in [3.8, 4) is 5.75 Å². The van der Waals surface area contributed by atoms with E-state index in [4.69, 9.17) is 16.3 Å².